The van der Waals surface area contributed by atoms with Crippen LogP contribution in [-0.4, -0.2) is 38.1 Å². The van der Waals surface area contributed by atoms with Gasteiger partial charge in [0.25, 0.3) is 0 Å². The van der Waals surface area contributed by atoms with Crippen LogP contribution >= 0.6 is 0 Å². The van der Waals surface area contributed by atoms with Crippen LogP contribution in [0.4, 0.5) is 0 Å². The lowest BCUT2D eigenvalue weighted by molar-refractivity contribution is -0.152. The molecule has 1 aromatic rings. The van der Waals surface area contributed by atoms with Gasteiger partial charge in [-0.3, -0.25) is 9.59 Å². The van der Waals surface area contributed by atoms with Crippen LogP contribution < -0.4 is 4.72 Å². The molecular formula is C16H23NO6S. The number of benzene rings is 1. The van der Waals surface area contributed by atoms with Gasteiger partial charge in [0.2, 0.25) is 10.0 Å². The lowest BCUT2D eigenvalue weighted by atomic mass is 9.90. The van der Waals surface area contributed by atoms with E-state index in [0.29, 0.717) is 0 Å². The molecule has 0 unspecified atom stereocenters. The Morgan fingerprint density at radius 2 is 1.79 bits per heavy atom. The number of carboxylic acid groups (broad SMARTS) is 1. The molecule has 0 aliphatic rings. The zero-order valence-electron chi connectivity index (χ0n) is 14.2. The van der Waals surface area contributed by atoms with Crippen molar-refractivity contribution in [3.63, 3.8) is 0 Å². The fourth-order valence-corrected chi connectivity index (χ4v) is 2.90. The predicted octanol–water partition coefficient (Wildman–Crippen LogP) is 1.71. The lowest BCUT2D eigenvalue weighted by Gasteiger charge is -2.19. The van der Waals surface area contributed by atoms with E-state index in [1.54, 1.807) is 12.1 Å². The quantitative estimate of drug-likeness (QED) is 0.685. The first-order chi connectivity index (χ1) is 11.0. The van der Waals surface area contributed by atoms with E-state index < -0.39 is 33.4 Å². The standard InChI is InChI=1S/C16H23NO6S/c1-11-5-7-13(8-6-11)24(21,22)17-12(2)14(18)23-10-9-16(3,4)15(19)20/h5-8,12,17H,9-10H2,1-4H3,(H,19,20)/t12-/m0/s1. The molecule has 0 radical (unpaired) electrons. The first kappa shape index (κ1) is 20.1. The highest BCUT2D eigenvalue weighted by atomic mass is 32.2. The van der Waals surface area contributed by atoms with Crippen molar-refractivity contribution in [2.45, 2.75) is 45.1 Å². The van der Waals surface area contributed by atoms with Crippen molar-refractivity contribution in [1.82, 2.24) is 4.72 Å². The number of carbonyl (C=O) groups excluding carboxylic acids is 1. The maximum Gasteiger partial charge on any atom is 0.323 e. The number of hydrogen-bond acceptors (Lipinski definition) is 5. The van der Waals surface area contributed by atoms with Crippen LogP contribution in [0.3, 0.4) is 0 Å². The molecule has 0 spiro atoms. The van der Waals surface area contributed by atoms with Crippen LogP contribution in [0.2, 0.25) is 0 Å². The molecule has 0 saturated heterocycles. The van der Waals surface area contributed by atoms with Crippen molar-refractivity contribution in [2.24, 2.45) is 5.41 Å². The van der Waals surface area contributed by atoms with E-state index in [1.165, 1.54) is 32.9 Å². The van der Waals surface area contributed by atoms with Crippen molar-refractivity contribution in [3.05, 3.63) is 29.8 Å². The molecule has 1 rings (SSSR count). The number of aliphatic carboxylic acids is 1. The molecule has 0 heterocycles. The molecule has 1 aromatic carbocycles. The molecule has 0 amide bonds. The highest BCUT2D eigenvalue weighted by Crippen LogP contribution is 2.20. The topological polar surface area (TPSA) is 110 Å². The summed E-state index contributed by atoms with van der Waals surface area (Å²) in [7, 11) is -3.83. The second kappa shape index (κ2) is 7.76. The summed E-state index contributed by atoms with van der Waals surface area (Å²) in [5, 5.41) is 8.98. The third-order valence-corrected chi connectivity index (χ3v) is 5.12. The number of aryl methyl sites for hydroxylation is 1. The first-order valence-corrected chi connectivity index (χ1v) is 8.93. The SMILES string of the molecule is Cc1ccc(S(=O)(=O)N[C@@H](C)C(=O)OCCC(C)(C)C(=O)O)cc1. The largest absolute Gasteiger partial charge is 0.481 e. The van der Waals surface area contributed by atoms with E-state index in [1.807, 2.05) is 6.92 Å². The zero-order valence-corrected chi connectivity index (χ0v) is 15.0. The molecule has 0 aromatic heterocycles. The van der Waals surface area contributed by atoms with E-state index in [2.05, 4.69) is 4.72 Å². The Labute approximate surface area is 142 Å². The van der Waals surface area contributed by atoms with Crippen LogP contribution in [0.5, 0.6) is 0 Å². The summed E-state index contributed by atoms with van der Waals surface area (Å²) in [4.78, 5) is 22.9. The van der Waals surface area contributed by atoms with Crippen LogP contribution in [0, 0.1) is 12.3 Å². The van der Waals surface area contributed by atoms with Crippen LogP contribution in [0.15, 0.2) is 29.2 Å². The minimum absolute atomic E-state index is 0.0553. The highest BCUT2D eigenvalue weighted by molar-refractivity contribution is 7.89. The second-order valence-electron chi connectivity index (χ2n) is 6.26. The number of carbonyl (C=O) groups is 2. The molecule has 0 aliphatic heterocycles. The van der Waals surface area contributed by atoms with Gasteiger partial charge in [0.15, 0.2) is 0 Å². The summed E-state index contributed by atoms with van der Waals surface area (Å²) in [6.07, 6.45) is 0.130. The molecule has 24 heavy (non-hydrogen) atoms. The molecule has 2 N–H and O–H groups in total. The summed E-state index contributed by atoms with van der Waals surface area (Å²) in [5.74, 6) is -1.75. The van der Waals surface area contributed by atoms with Crippen molar-refractivity contribution in [1.29, 1.82) is 0 Å². The van der Waals surface area contributed by atoms with E-state index in [9.17, 15) is 18.0 Å². The van der Waals surface area contributed by atoms with Gasteiger partial charge in [0.05, 0.1) is 16.9 Å². The van der Waals surface area contributed by atoms with Gasteiger partial charge in [0, 0.05) is 0 Å². The number of hydrogen-bond donors (Lipinski definition) is 2. The van der Waals surface area contributed by atoms with E-state index in [0.717, 1.165) is 5.56 Å². The number of esters is 1. The fourth-order valence-electron chi connectivity index (χ4n) is 1.71. The Hall–Kier alpha value is -1.93. The predicted molar refractivity (Wildman–Crippen MR) is 88.0 cm³/mol. The van der Waals surface area contributed by atoms with Crippen LogP contribution in [-0.2, 0) is 24.3 Å². The molecule has 0 saturated carbocycles. The lowest BCUT2D eigenvalue weighted by Crippen LogP contribution is -2.40. The zero-order chi connectivity index (χ0) is 18.5. The van der Waals surface area contributed by atoms with E-state index in [-0.39, 0.29) is 17.9 Å². The number of rotatable bonds is 8. The molecule has 0 fully saturated rings. The number of ether oxygens (including phenoxy) is 1. The minimum Gasteiger partial charge on any atom is -0.481 e. The third-order valence-electron chi connectivity index (χ3n) is 3.57. The average Bonchev–Trinajstić information content (AvgIpc) is 2.46. The summed E-state index contributed by atoms with van der Waals surface area (Å²) in [5.41, 5.74) is -0.104. The van der Waals surface area contributed by atoms with Crippen LogP contribution in [0.25, 0.3) is 0 Å². The first-order valence-electron chi connectivity index (χ1n) is 7.45. The summed E-state index contributed by atoms with van der Waals surface area (Å²) < 4.78 is 31.6. The van der Waals surface area contributed by atoms with Crippen molar-refractivity contribution in [2.75, 3.05) is 6.61 Å². The molecule has 7 nitrogen and oxygen atoms in total. The Balaban J connectivity index is 2.60. The normalized spacial score (nSPS) is 13.3. The monoisotopic (exact) mass is 357 g/mol. The third kappa shape index (κ3) is 5.61. The van der Waals surface area contributed by atoms with Gasteiger partial charge in [-0.1, -0.05) is 17.7 Å². The number of carboxylic acids is 1. The molecule has 8 heteroatoms. The maximum absolute atomic E-state index is 12.2. The van der Waals surface area contributed by atoms with Gasteiger partial charge in [-0.15, -0.1) is 0 Å². The minimum atomic E-state index is -3.83. The summed E-state index contributed by atoms with van der Waals surface area (Å²) in [6, 6.07) is 5.14. The maximum atomic E-state index is 12.2. The summed E-state index contributed by atoms with van der Waals surface area (Å²) in [6.45, 7) is 6.15. The van der Waals surface area contributed by atoms with Crippen LogP contribution in [0.1, 0.15) is 32.8 Å². The van der Waals surface area contributed by atoms with Gasteiger partial charge >= 0.3 is 11.9 Å². The van der Waals surface area contributed by atoms with E-state index >= 15 is 0 Å². The Kier molecular flexibility index (Phi) is 6.50. The van der Waals surface area contributed by atoms with Crippen molar-refractivity contribution >= 4 is 22.0 Å². The fraction of sp³-hybridized carbons (Fsp3) is 0.500. The van der Waals surface area contributed by atoms with E-state index in [4.69, 9.17) is 9.84 Å². The Morgan fingerprint density at radius 1 is 1.25 bits per heavy atom. The highest BCUT2D eigenvalue weighted by Gasteiger charge is 2.28. The van der Waals surface area contributed by atoms with Gasteiger partial charge in [-0.2, -0.15) is 4.72 Å². The number of nitrogens with one attached hydrogen (secondary N) is 1. The molecule has 0 bridgehead atoms. The second-order valence-corrected chi connectivity index (χ2v) is 7.98. The number of sulfonamides is 1. The van der Waals surface area contributed by atoms with Gasteiger partial charge in [-0.25, -0.2) is 8.42 Å². The Morgan fingerprint density at radius 3 is 2.29 bits per heavy atom. The van der Waals surface area contributed by atoms with Crippen molar-refractivity contribution in [3.8, 4) is 0 Å². The van der Waals surface area contributed by atoms with Gasteiger partial charge in [-0.05, 0) is 46.2 Å². The summed E-state index contributed by atoms with van der Waals surface area (Å²) >= 11 is 0. The smallest absolute Gasteiger partial charge is 0.323 e. The molecular weight excluding hydrogens is 334 g/mol. The molecule has 0 aliphatic carbocycles. The Bertz CT molecular complexity index is 694. The van der Waals surface area contributed by atoms with Crippen molar-refractivity contribution < 1.29 is 27.9 Å². The van der Waals surface area contributed by atoms with Gasteiger partial charge in [0.1, 0.15) is 6.04 Å². The van der Waals surface area contributed by atoms with Gasteiger partial charge < -0.3 is 9.84 Å². The molecule has 134 valence electrons. The molecule has 1 atom stereocenters. The average molecular weight is 357 g/mol.